The van der Waals surface area contributed by atoms with E-state index in [0.29, 0.717) is 24.1 Å². The van der Waals surface area contributed by atoms with Crippen molar-refractivity contribution in [1.29, 1.82) is 0 Å². The topological polar surface area (TPSA) is 91.3 Å². The Labute approximate surface area is 327 Å². The molecule has 0 aromatic carbocycles. The average Bonchev–Trinajstić information content (AvgIpc) is 3.11. The van der Waals surface area contributed by atoms with Crippen molar-refractivity contribution >= 4 is 13.8 Å². The minimum Gasteiger partial charge on any atom is -0.457 e. The number of ether oxygens (including phenoxy) is 2. The number of allylic oxidation sites excluding steroid dienone is 8. The summed E-state index contributed by atoms with van der Waals surface area (Å²) in [7, 11) is 1.63. The van der Waals surface area contributed by atoms with Gasteiger partial charge in [-0.2, -0.15) is 0 Å². The quantitative estimate of drug-likeness (QED) is 0.0219. The molecule has 1 N–H and O–H groups in total. The number of unbranched alkanes of at least 4 members (excludes halogenated alkanes) is 17. The van der Waals surface area contributed by atoms with Gasteiger partial charge in [0.1, 0.15) is 19.3 Å². The molecule has 0 aliphatic carbocycles. The van der Waals surface area contributed by atoms with Crippen LogP contribution in [0, 0.1) is 0 Å². The third-order valence-corrected chi connectivity index (χ3v) is 9.88. The Kier molecular flexibility index (Phi) is 36.3. The van der Waals surface area contributed by atoms with Crippen molar-refractivity contribution in [2.45, 2.75) is 174 Å². The highest BCUT2D eigenvalue weighted by Crippen LogP contribution is 2.43. The van der Waals surface area contributed by atoms with Crippen LogP contribution in [-0.4, -0.2) is 75.6 Å². The zero-order valence-electron chi connectivity index (χ0n) is 35.0. The number of hydrogen-bond acceptors (Lipinski definition) is 6. The van der Waals surface area contributed by atoms with Crippen LogP contribution in [0.15, 0.2) is 48.6 Å². The maximum Gasteiger partial charge on any atom is 0.472 e. The van der Waals surface area contributed by atoms with Crippen molar-refractivity contribution in [3.63, 3.8) is 0 Å². The summed E-state index contributed by atoms with van der Waals surface area (Å²) in [6.07, 6.45) is 44.3. The van der Waals surface area contributed by atoms with Gasteiger partial charge in [0.25, 0.3) is 0 Å². The molecule has 310 valence electrons. The summed E-state index contributed by atoms with van der Waals surface area (Å²) in [4.78, 5) is 22.8. The zero-order valence-corrected chi connectivity index (χ0v) is 35.9. The third kappa shape index (κ3) is 41.5. The number of carbonyl (C=O) groups is 1. The molecule has 2 atom stereocenters. The molecule has 0 heterocycles. The van der Waals surface area contributed by atoms with Crippen LogP contribution in [0.5, 0.6) is 0 Å². The van der Waals surface area contributed by atoms with Gasteiger partial charge in [-0.05, 0) is 51.4 Å². The number of rotatable bonds is 39. The Bertz CT molecular complexity index is 989. The maximum atomic E-state index is 12.6. The maximum absolute atomic E-state index is 12.6. The second kappa shape index (κ2) is 37.4. The molecule has 0 saturated carbocycles. The van der Waals surface area contributed by atoms with Crippen LogP contribution in [0.25, 0.3) is 0 Å². The first-order chi connectivity index (χ1) is 25.6. The van der Waals surface area contributed by atoms with Crippen molar-refractivity contribution in [2.75, 3.05) is 54.1 Å². The Morgan fingerprint density at radius 2 is 1.04 bits per heavy atom. The number of phosphoric ester groups is 1. The molecule has 0 amide bonds. The van der Waals surface area contributed by atoms with Gasteiger partial charge in [0.05, 0.1) is 34.4 Å². The highest BCUT2D eigenvalue weighted by atomic mass is 31.2. The molecule has 0 rings (SSSR count). The third-order valence-electron chi connectivity index (χ3n) is 8.89. The molecule has 0 bridgehead atoms. The van der Waals surface area contributed by atoms with Gasteiger partial charge < -0.3 is 18.9 Å². The van der Waals surface area contributed by atoms with E-state index >= 15 is 0 Å². The van der Waals surface area contributed by atoms with Crippen molar-refractivity contribution in [3.05, 3.63) is 48.6 Å². The number of carbonyl (C=O) groups excluding carboxylic acids is 1. The molecule has 0 saturated heterocycles. The minimum absolute atomic E-state index is 0.0782. The first-order valence-corrected chi connectivity index (χ1v) is 22.9. The second-order valence-electron chi connectivity index (χ2n) is 15.4. The normalized spacial score (nSPS) is 14.3. The molecule has 0 fully saturated rings. The first-order valence-electron chi connectivity index (χ1n) is 21.4. The number of likely N-dealkylation sites (N-methyl/N-ethyl adjacent to an activating group) is 1. The predicted octanol–water partition coefficient (Wildman–Crippen LogP) is 12.4. The molecule has 8 nitrogen and oxygen atoms in total. The number of nitrogens with zero attached hydrogens (tertiary/aromatic N) is 1. The van der Waals surface area contributed by atoms with E-state index in [1.165, 1.54) is 103 Å². The van der Waals surface area contributed by atoms with Crippen LogP contribution in [0.4, 0.5) is 0 Å². The van der Waals surface area contributed by atoms with Crippen molar-refractivity contribution in [2.24, 2.45) is 0 Å². The summed E-state index contributed by atoms with van der Waals surface area (Å²) in [5, 5.41) is 0. The van der Waals surface area contributed by atoms with E-state index in [0.717, 1.165) is 38.5 Å². The van der Waals surface area contributed by atoms with Gasteiger partial charge >= 0.3 is 13.8 Å². The summed E-state index contributed by atoms with van der Waals surface area (Å²) in [6.45, 7) is 5.52. The van der Waals surface area contributed by atoms with E-state index in [-0.39, 0.29) is 32.2 Å². The lowest BCUT2D eigenvalue weighted by Gasteiger charge is -2.24. The van der Waals surface area contributed by atoms with Crippen LogP contribution in [0.1, 0.15) is 168 Å². The Balaban J connectivity index is 4.36. The molecule has 0 radical (unpaired) electrons. The molecule has 0 aliphatic rings. The van der Waals surface area contributed by atoms with Crippen molar-refractivity contribution < 1.29 is 37.3 Å². The predicted molar refractivity (Wildman–Crippen MR) is 224 cm³/mol. The fourth-order valence-electron chi connectivity index (χ4n) is 5.54. The largest absolute Gasteiger partial charge is 0.472 e. The van der Waals surface area contributed by atoms with Crippen molar-refractivity contribution in [1.82, 2.24) is 0 Å². The summed E-state index contributed by atoms with van der Waals surface area (Å²) >= 11 is 0. The van der Waals surface area contributed by atoms with Crippen LogP contribution >= 0.6 is 7.82 Å². The first kappa shape index (κ1) is 51.5. The molecule has 0 aromatic heterocycles. The van der Waals surface area contributed by atoms with Gasteiger partial charge in [-0.1, -0.05) is 159 Å². The van der Waals surface area contributed by atoms with Gasteiger partial charge in [-0.25, -0.2) is 4.57 Å². The summed E-state index contributed by atoms with van der Waals surface area (Å²) < 4.78 is 34.9. The van der Waals surface area contributed by atoms with Gasteiger partial charge in [0.2, 0.25) is 0 Å². The van der Waals surface area contributed by atoms with Crippen LogP contribution in [-0.2, 0) is 27.9 Å². The number of quaternary nitrogens is 1. The van der Waals surface area contributed by atoms with Crippen LogP contribution in [0.2, 0.25) is 0 Å². The summed E-state index contributed by atoms with van der Waals surface area (Å²) in [5.41, 5.74) is 0. The fourth-order valence-corrected chi connectivity index (χ4v) is 6.29. The lowest BCUT2D eigenvalue weighted by molar-refractivity contribution is -0.870. The molecule has 53 heavy (non-hydrogen) atoms. The minimum atomic E-state index is -4.29. The number of hydrogen-bond donors (Lipinski definition) is 1. The molecular weight excluding hydrogens is 685 g/mol. The van der Waals surface area contributed by atoms with E-state index < -0.39 is 13.9 Å². The second-order valence-corrected chi connectivity index (χ2v) is 16.8. The van der Waals surface area contributed by atoms with E-state index in [9.17, 15) is 14.3 Å². The van der Waals surface area contributed by atoms with Gasteiger partial charge in [0.15, 0.2) is 0 Å². The monoisotopic (exact) mass is 769 g/mol. The van der Waals surface area contributed by atoms with E-state index in [1.54, 1.807) is 0 Å². The Morgan fingerprint density at radius 3 is 1.55 bits per heavy atom. The zero-order chi connectivity index (χ0) is 39.1. The van der Waals surface area contributed by atoms with Crippen LogP contribution < -0.4 is 0 Å². The highest BCUT2D eigenvalue weighted by molar-refractivity contribution is 7.47. The molecule has 0 aromatic rings. The Morgan fingerprint density at radius 1 is 0.585 bits per heavy atom. The Hall–Kier alpha value is -1.54. The summed E-state index contributed by atoms with van der Waals surface area (Å²) in [6, 6.07) is 0. The van der Waals surface area contributed by atoms with Crippen LogP contribution in [0.3, 0.4) is 0 Å². The highest BCUT2D eigenvalue weighted by Gasteiger charge is 2.26. The van der Waals surface area contributed by atoms with E-state index in [1.807, 2.05) is 21.1 Å². The molecule has 1 unspecified atom stereocenters. The van der Waals surface area contributed by atoms with E-state index in [2.05, 4.69) is 62.5 Å². The molecular formula is C44H83NO7P+. The SMILES string of the molecule is CCCCC/C=C\C/C=C/C/C=C\C/C=C\CCCC(=O)O[C@H](COCCCCCCCCCCCCCCCC)COP(=O)(O)OCC[N+](C)(C)C. The standard InChI is InChI=1S/C44H82NO7P/c1-6-8-10-12-14-16-18-20-22-23-24-25-27-29-31-33-35-37-44(46)52-43(42-51-53(47,48)50-40-38-45(3,4)5)41-49-39-36-34-32-30-28-26-21-19-17-15-13-11-9-7-2/h14,16,20,22,24-25,29,31,43H,6-13,15,17-19,21,23,26-28,30,32-42H2,1-5H3/p+1/b16-14-,22-20+,25-24-,31-29-/t43-/m1/s1. The van der Waals surface area contributed by atoms with Gasteiger partial charge in [0, 0.05) is 13.0 Å². The fraction of sp³-hybridized carbons (Fsp3) is 0.795. The number of phosphoric acid groups is 1. The smallest absolute Gasteiger partial charge is 0.457 e. The average molecular weight is 769 g/mol. The lowest BCUT2D eigenvalue weighted by Crippen LogP contribution is -2.37. The van der Waals surface area contributed by atoms with Crippen molar-refractivity contribution in [3.8, 4) is 0 Å². The lowest BCUT2D eigenvalue weighted by atomic mass is 10.0. The summed E-state index contributed by atoms with van der Waals surface area (Å²) in [5.74, 6) is -0.367. The van der Waals surface area contributed by atoms with Gasteiger partial charge in [-0.15, -0.1) is 0 Å². The van der Waals surface area contributed by atoms with Gasteiger partial charge in [-0.3, -0.25) is 13.8 Å². The molecule has 0 aliphatic heterocycles. The van der Waals surface area contributed by atoms with E-state index in [4.69, 9.17) is 18.5 Å². The molecule has 9 heteroatoms. The number of esters is 1. The molecule has 0 spiro atoms.